The summed E-state index contributed by atoms with van der Waals surface area (Å²) in [6.45, 7) is 1.24. The van der Waals surface area contributed by atoms with Crippen molar-refractivity contribution in [3.05, 3.63) is 57.5 Å². The largest absolute Gasteiger partial charge is 0.371 e. The number of amides is 1. The second kappa shape index (κ2) is 6.06. The summed E-state index contributed by atoms with van der Waals surface area (Å²) >= 11 is 1.76. The van der Waals surface area contributed by atoms with Crippen LogP contribution in [0.2, 0.25) is 0 Å². The Balaban J connectivity index is 1.33. The van der Waals surface area contributed by atoms with Gasteiger partial charge in [-0.1, -0.05) is 12.1 Å². The molecule has 1 aliphatic carbocycles. The normalized spacial score (nSPS) is 25.7. The number of hydrogen-bond donors (Lipinski definition) is 1. The fourth-order valence-electron chi connectivity index (χ4n) is 3.28. The van der Waals surface area contributed by atoms with Crippen LogP contribution in [-0.2, 0) is 16.0 Å². The van der Waals surface area contributed by atoms with Gasteiger partial charge in [-0.2, -0.15) is 0 Å². The quantitative estimate of drug-likeness (QED) is 0.932. The van der Waals surface area contributed by atoms with E-state index in [1.165, 1.54) is 22.6 Å². The topological polar surface area (TPSA) is 38.3 Å². The molecule has 2 aliphatic rings. The second-order valence-electron chi connectivity index (χ2n) is 6.15. The van der Waals surface area contributed by atoms with Crippen molar-refractivity contribution in [1.82, 2.24) is 5.32 Å². The van der Waals surface area contributed by atoms with Crippen molar-refractivity contribution in [3.8, 4) is 0 Å². The highest BCUT2D eigenvalue weighted by atomic mass is 32.1. The van der Waals surface area contributed by atoms with Gasteiger partial charge in [0.1, 0.15) is 11.9 Å². The van der Waals surface area contributed by atoms with Crippen LogP contribution in [0.1, 0.15) is 34.4 Å². The van der Waals surface area contributed by atoms with Crippen LogP contribution in [0.25, 0.3) is 0 Å². The molecule has 3 unspecified atom stereocenters. The van der Waals surface area contributed by atoms with E-state index in [4.69, 9.17) is 4.74 Å². The third kappa shape index (κ3) is 3.03. The van der Waals surface area contributed by atoms with Gasteiger partial charge in [0.15, 0.2) is 0 Å². The van der Waals surface area contributed by atoms with E-state index in [0.29, 0.717) is 6.54 Å². The zero-order valence-electron chi connectivity index (χ0n) is 12.6. The van der Waals surface area contributed by atoms with Gasteiger partial charge in [-0.3, -0.25) is 4.79 Å². The lowest BCUT2D eigenvalue weighted by Gasteiger charge is -2.23. The summed E-state index contributed by atoms with van der Waals surface area (Å²) in [7, 11) is 0. The van der Waals surface area contributed by atoms with Gasteiger partial charge < -0.3 is 10.1 Å². The van der Waals surface area contributed by atoms with Crippen LogP contribution in [0.3, 0.4) is 0 Å². The highest BCUT2D eigenvalue weighted by Crippen LogP contribution is 2.47. The van der Waals surface area contributed by atoms with E-state index in [1.807, 2.05) is 0 Å². The minimum atomic E-state index is -0.239. The molecule has 23 heavy (non-hydrogen) atoms. The summed E-state index contributed by atoms with van der Waals surface area (Å²) in [5, 5.41) is 5.11. The second-order valence-corrected chi connectivity index (χ2v) is 7.15. The average Bonchev–Trinajstić information content (AvgIpc) is 3.22. The first-order valence-corrected chi connectivity index (χ1v) is 8.81. The Morgan fingerprint density at radius 1 is 1.30 bits per heavy atom. The zero-order valence-corrected chi connectivity index (χ0v) is 13.4. The highest BCUT2D eigenvalue weighted by molar-refractivity contribution is 7.10. The van der Waals surface area contributed by atoms with Crippen molar-refractivity contribution in [1.29, 1.82) is 0 Å². The number of carbonyl (C=O) groups excluding carboxylic acids is 1. The van der Waals surface area contributed by atoms with Crippen molar-refractivity contribution in [2.24, 2.45) is 5.92 Å². The Morgan fingerprint density at radius 2 is 2.13 bits per heavy atom. The molecule has 0 radical (unpaired) electrons. The molecule has 0 spiro atoms. The molecule has 3 nitrogen and oxygen atoms in total. The first-order valence-electron chi connectivity index (χ1n) is 7.93. The molecule has 2 heterocycles. The molecule has 5 heteroatoms. The molecule has 120 valence electrons. The molecule has 2 aromatic rings. The molecule has 3 atom stereocenters. The first kappa shape index (κ1) is 14.8. The molecule has 1 aromatic heterocycles. The Kier molecular flexibility index (Phi) is 3.91. The van der Waals surface area contributed by atoms with Gasteiger partial charge in [-0.05, 0) is 47.0 Å². The van der Waals surface area contributed by atoms with Crippen LogP contribution in [0, 0.1) is 11.7 Å². The maximum absolute atomic E-state index is 13.0. The number of benzene rings is 1. The molecule has 1 N–H and O–H groups in total. The number of fused-ring (bicyclic) bond motifs is 1. The maximum atomic E-state index is 13.0. The van der Waals surface area contributed by atoms with Gasteiger partial charge in [0.25, 0.3) is 0 Å². The third-order valence-electron chi connectivity index (χ3n) is 4.66. The van der Waals surface area contributed by atoms with E-state index < -0.39 is 0 Å². The monoisotopic (exact) mass is 331 g/mol. The van der Waals surface area contributed by atoms with E-state index >= 15 is 0 Å². The summed E-state index contributed by atoms with van der Waals surface area (Å²) in [4.78, 5) is 13.7. The molecular formula is C18H18FNO2S. The van der Waals surface area contributed by atoms with E-state index in [2.05, 4.69) is 16.8 Å². The lowest BCUT2D eigenvalue weighted by Crippen LogP contribution is -2.32. The summed E-state index contributed by atoms with van der Waals surface area (Å²) in [6, 6.07) is 8.55. The van der Waals surface area contributed by atoms with Gasteiger partial charge in [0, 0.05) is 23.8 Å². The van der Waals surface area contributed by atoms with E-state index in [-0.39, 0.29) is 29.7 Å². The van der Waals surface area contributed by atoms with Crippen molar-refractivity contribution in [3.63, 3.8) is 0 Å². The minimum Gasteiger partial charge on any atom is -0.371 e. The van der Waals surface area contributed by atoms with E-state index in [9.17, 15) is 9.18 Å². The number of carbonyl (C=O) groups is 1. The van der Waals surface area contributed by atoms with Gasteiger partial charge >= 0.3 is 0 Å². The number of ether oxygens (including phenoxy) is 1. The van der Waals surface area contributed by atoms with Crippen LogP contribution >= 0.6 is 11.3 Å². The standard InChI is InChI=1S/C18H18FNO2S/c19-12-3-1-11(2-4-12)14-9-15(14)18(21)20-10-16-13-6-8-23-17(13)5-7-22-16/h1-4,6,8,14-16H,5,7,9-10H2,(H,20,21). The van der Waals surface area contributed by atoms with Gasteiger partial charge in [0.2, 0.25) is 5.91 Å². The van der Waals surface area contributed by atoms with Crippen LogP contribution in [0.4, 0.5) is 4.39 Å². The van der Waals surface area contributed by atoms with Crippen molar-refractivity contribution in [2.45, 2.75) is 24.9 Å². The minimum absolute atomic E-state index is 0.00555. The van der Waals surface area contributed by atoms with Crippen molar-refractivity contribution >= 4 is 17.2 Å². The third-order valence-corrected chi connectivity index (χ3v) is 5.66. The smallest absolute Gasteiger partial charge is 0.223 e. The maximum Gasteiger partial charge on any atom is 0.223 e. The van der Waals surface area contributed by atoms with Gasteiger partial charge in [0.05, 0.1) is 6.61 Å². The fraction of sp³-hybridized carbons (Fsp3) is 0.389. The number of halogens is 1. The van der Waals surface area contributed by atoms with Crippen LogP contribution in [-0.4, -0.2) is 19.1 Å². The number of hydrogen-bond acceptors (Lipinski definition) is 3. The Morgan fingerprint density at radius 3 is 2.96 bits per heavy atom. The Hall–Kier alpha value is -1.72. The Bertz CT molecular complexity index is 712. The molecule has 4 rings (SSSR count). The van der Waals surface area contributed by atoms with Crippen LogP contribution in [0.5, 0.6) is 0 Å². The summed E-state index contributed by atoms with van der Waals surface area (Å²) < 4.78 is 18.7. The molecule has 1 fully saturated rings. The number of nitrogens with one attached hydrogen (secondary N) is 1. The van der Waals surface area contributed by atoms with Crippen LogP contribution < -0.4 is 5.32 Å². The SMILES string of the molecule is O=C(NCC1OCCc2sccc21)C1CC1c1ccc(F)cc1. The molecule has 1 amide bonds. The molecule has 1 saturated carbocycles. The molecule has 1 aliphatic heterocycles. The molecule has 0 saturated heterocycles. The van der Waals surface area contributed by atoms with Gasteiger partial charge in [-0.15, -0.1) is 11.3 Å². The van der Waals surface area contributed by atoms with Crippen molar-refractivity contribution in [2.75, 3.05) is 13.2 Å². The van der Waals surface area contributed by atoms with E-state index in [0.717, 1.165) is 25.0 Å². The summed E-state index contributed by atoms with van der Waals surface area (Å²) in [6.07, 6.45) is 1.77. The Labute approximate surface area is 138 Å². The van der Waals surface area contributed by atoms with Gasteiger partial charge in [-0.25, -0.2) is 4.39 Å². The summed E-state index contributed by atoms with van der Waals surface area (Å²) in [5.41, 5.74) is 2.26. The highest BCUT2D eigenvalue weighted by Gasteiger charge is 2.44. The van der Waals surface area contributed by atoms with Crippen LogP contribution in [0.15, 0.2) is 35.7 Å². The van der Waals surface area contributed by atoms with E-state index in [1.54, 1.807) is 23.5 Å². The number of rotatable bonds is 4. The predicted octanol–water partition coefficient (Wildman–Crippen LogP) is 3.42. The molecule has 0 bridgehead atoms. The predicted molar refractivity (Wildman–Crippen MR) is 87.0 cm³/mol. The number of thiophene rings is 1. The summed E-state index contributed by atoms with van der Waals surface area (Å²) in [5.74, 6) is 0.0623. The molecule has 1 aromatic carbocycles. The lowest BCUT2D eigenvalue weighted by molar-refractivity contribution is -0.123. The zero-order chi connectivity index (χ0) is 15.8. The fourth-order valence-corrected chi connectivity index (χ4v) is 4.20. The first-order chi connectivity index (χ1) is 11.2. The average molecular weight is 331 g/mol. The lowest BCUT2D eigenvalue weighted by atomic mass is 10.1. The van der Waals surface area contributed by atoms with Crippen molar-refractivity contribution < 1.29 is 13.9 Å². The molecular weight excluding hydrogens is 313 g/mol.